The minimum absolute atomic E-state index is 0.259. The van der Waals surface area contributed by atoms with E-state index in [9.17, 15) is 0 Å². The van der Waals surface area contributed by atoms with Crippen LogP contribution in [0.15, 0.2) is 42.5 Å². The van der Waals surface area contributed by atoms with Crippen molar-refractivity contribution < 1.29 is 4.74 Å². The standard InChI is InChI=1S/C18H23NO/c1-13-9-10-15(12-19)18(11-13)20-17-8-4-6-14-5-2-3-7-16(14)17/h2-8,13,15,18H,9-12,19H2,1H3. The highest BCUT2D eigenvalue weighted by atomic mass is 16.5. The van der Waals surface area contributed by atoms with Gasteiger partial charge in [0.2, 0.25) is 0 Å². The van der Waals surface area contributed by atoms with E-state index in [1.54, 1.807) is 0 Å². The zero-order valence-electron chi connectivity index (χ0n) is 12.1. The van der Waals surface area contributed by atoms with Gasteiger partial charge >= 0.3 is 0 Å². The number of nitrogens with two attached hydrogens (primary N) is 1. The Bertz CT molecular complexity index is 575. The molecule has 0 amide bonds. The summed E-state index contributed by atoms with van der Waals surface area (Å²) in [5.74, 6) is 2.23. The van der Waals surface area contributed by atoms with Gasteiger partial charge < -0.3 is 10.5 Å². The van der Waals surface area contributed by atoms with Crippen molar-refractivity contribution in [1.29, 1.82) is 0 Å². The fourth-order valence-corrected chi connectivity index (χ4v) is 3.27. The van der Waals surface area contributed by atoms with E-state index in [0.29, 0.717) is 5.92 Å². The smallest absolute Gasteiger partial charge is 0.127 e. The van der Waals surface area contributed by atoms with Crippen molar-refractivity contribution in [2.45, 2.75) is 32.3 Å². The second-order valence-electron chi connectivity index (χ2n) is 6.05. The summed E-state index contributed by atoms with van der Waals surface area (Å²) in [5.41, 5.74) is 5.93. The molecule has 0 radical (unpaired) electrons. The van der Waals surface area contributed by atoms with Gasteiger partial charge in [0.15, 0.2) is 0 Å². The Morgan fingerprint density at radius 2 is 1.90 bits per heavy atom. The second-order valence-corrected chi connectivity index (χ2v) is 6.05. The number of hydrogen-bond acceptors (Lipinski definition) is 2. The van der Waals surface area contributed by atoms with Crippen molar-refractivity contribution in [2.24, 2.45) is 17.6 Å². The van der Waals surface area contributed by atoms with E-state index in [4.69, 9.17) is 10.5 Å². The van der Waals surface area contributed by atoms with Crippen LogP contribution in [0.3, 0.4) is 0 Å². The maximum absolute atomic E-state index is 6.36. The quantitative estimate of drug-likeness (QED) is 0.914. The van der Waals surface area contributed by atoms with E-state index in [1.807, 2.05) is 0 Å². The largest absolute Gasteiger partial charge is 0.489 e. The van der Waals surface area contributed by atoms with Crippen LogP contribution in [0.2, 0.25) is 0 Å². The molecular weight excluding hydrogens is 246 g/mol. The van der Waals surface area contributed by atoms with Gasteiger partial charge in [0.25, 0.3) is 0 Å². The van der Waals surface area contributed by atoms with Crippen molar-refractivity contribution in [3.8, 4) is 5.75 Å². The van der Waals surface area contributed by atoms with Gasteiger partial charge in [-0.2, -0.15) is 0 Å². The summed E-state index contributed by atoms with van der Waals surface area (Å²) in [7, 11) is 0. The molecule has 0 aliphatic heterocycles. The first kappa shape index (κ1) is 13.4. The maximum Gasteiger partial charge on any atom is 0.127 e. The lowest BCUT2D eigenvalue weighted by atomic mass is 9.80. The highest BCUT2D eigenvalue weighted by Crippen LogP contribution is 2.34. The average molecular weight is 269 g/mol. The van der Waals surface area contributed by atoms with Crippen LogP contribution < -0.4 is 10.5 Å². The van der Waals surface area contributed by atoms with Crippen molar-refractivity contribution in [1.82, 2.24) is 0 Å². The van der Waals surface area contributed by atoms with Gasteiger partial charge in [-0.1, -0.05) is 49.7 Å². The van der Waals surface area contributed by atoms with Gasteiger partial charge in [-0.05, 0) is 36.8 Å². The molecule has 3 unspecified atom stereocenters. The molecule has 0 heterocycles. The molecule has 20 heavy (non-hydrogen) atoms. The van der Waals surface area contributed by atoms with E-state index < -0.39 is 0 Å². The van der Waals surface area contributed by atoms with Crippen LogP contribution in [0.1, 0.15) is 26.2 Å². The summed E-state index contributed by atoms with van der Waals surface area (Å²) in [5, 5.41) is 2.43. The minimum Gasteiger partial charge on any atom is -0.489 e. The van der Waals surface area contributed by atoms with E-state index in [1.165, 1.54) is 23.6 Å². The Morgan fingerprint density at radius 3 is 2.75 bits per heavy atom. The summed E-state index contributed by atoms with van der Waals surface area (Å²) in [6.07, 6.45) is 3.84. The van der Waals surface area contributed by atoms with E-state index in [2.05, 4.69) is 49.4 Å². The van der Waals surface area contributed by atoms with Crippen molar-refractivity contribution >= 4 is 10.8 Å². The molecule has 106 valence electrons. The number of ether oxygens (including phenoxy) is 1. The van der Waals surface area contributed by atoms with Gasteiger partial charge in [-0.3, -0.25) is 0 Å². The summed E-state index contributed by atoms with van der Waals surface area (Å²) in [6, 6.07) is 14.7. The molecule has 0 aromatic heterocycles. The molecule has 0 spiro atoms. The van der Waals surface area contributed by atoms with Gasteiger partial charge in [0.05, 0.1) is 0 Å². The molecule has 1 aliphatic carbocycles. The minimum atomic E-state index is 0.259. The molecule has 2 aromatic rings. The molecule has 0 bridgehead atoms. The Kier molecular flexibility index (Phi) is 3.93. The number of hydrogen-bond donors (Lipinski definition) is 1. The SMILES string of the molecule is CC1CCC(CN)C(Oc2cccc3ccccc23)C1. The second kappa shape index (κ2) is 5.84. The third-order valence-corrected chi connectivity index (χ3v) is 4.52. The summed E-state index contributed by atoms with van der Waals surface area (Å²) >= 11 is 0. The maximum atomic E-state index is 6.36. The van der Waals surface area contributed by atoms with E-state index in [-0.39, 0.29) is 6.10 Å². The monoisotopic (exact) mass is 269 g/mol. The fraction of sp³-hybridized carbons (Fsp3) is 0.444. The zero-order valence-corrected chi connectivity index (χ0v) is 12.1. The van der Waals surface area contributed by atoms with Gasteiger partial charge in [-0.25, -0.2) is 0 Å². The van der Waals surface area contributed by atoms with Crippen LogP contribution in [0, 0.1) is 11.8 Å². The lowest BCUT2D eigenvalue weighted by Crippen LogP contribution is -2.37. The van der Waals surface area contributed by atoms with Gasteiger partial charge in [0, 0.05) is 11.3 Å². The molecule has 0 saturated heterocycles. The van der Waals surface area contributed by atoms with Gasteiger partial charge in [0.1, 0.15) is 11.9 Å². The predicted octanol–water partition coefficient (Wildman–Crippen LogP) is 3.98. The van der Waals surface area contributed by atoms with Crippen molar-refractivity contribution in [3.63, 3.8) is 0 Å². The lowest BCUT2D eigenvalue weighted by Gasteiger charge is -2.34. The molecule has 3 rings (SSSR count). The molecule has 1 aliphatic rings. The third kappa shape index (κ3) is 2.66. The fourth-order valence-electron chi connectivity index (χ4n) is 3.27. The predicted molar refractivity (Wildman–Crippen MR) is 83.9 cm³/mol. The normalized spacial score (nSPS) is 26.6. The van der Waals surface area contributed by atoms with Crippen LogP contribution in [0.25, 0.3) is 10.8 Å². The van der Waals surface area contributed by atoms with E-state index >= 15 is 0 Å². The van der Waals surface area contributed by atoms with Crippen LogP contribution in [-0.2, 0) is 0 Å². The molecule has 2 nitrogen and oxygen atoms in total. The Labute approximate surface area is 120 Å². The van der Waals surface area contributed by atoms with Crippen LogP contribution in [0.5, 0.6) is 5.75 Å². The third-order valence-electron chi connectivity index (χ3n) is 4.52. The molecule has 2 aromatic carbocycles. The molecule has 1 fully saturated rings. The zero-order chi connectivity index (χ0) is 13.9. The average Bonchev–Trinajstić information content (AvgIpc) is 2.48. The Hall–Kier alpha value is -1.54. The molecular formula is C18H23NO. The number of rotatable bonds is 3. The highest BCUT2D eigenvalue weighted by Gasteiger charge is 2.29. The van der Waals surface area contributed by atoms with Crippen LogP contribution in [0.4, 0.5) is 0 Å². The van der Waals surface area contributed by atoms with Crippen LogP contribution >= 0.6 is 0 Å². The highest BCUT2D eigenvalue weighted by molar-refractivity contribution is 5.88. The van der Waals surface area contributed by atoms with Crippen LogP contribution in [-0.4, -0.2) is 12.6 Å². The Morgan fingerprint density at radius 1 is 1.10 bits per heavy atom. The first-order chi connectivity index (χ1) is 9.78. The van der Waals surface area contributed by atoms with Gasteiger partial charge in [-0.15, -0.1) is 0 Å². The summed E-state index contributed by atoms with van der Waals surface area (Å²) in [4.78, 5) is 0. The molecule has 3 atom stereocenters. The lowest BCUT2D eigenvalue weighted by molar-refractivity contribution is 0.0755. The topological polar surface area (TPSA) is 35.2 Å². The van der Waals surface area contributed by atoms with Crippen molar-refractivity contribution in [2.75, 3.05) is 6.54 Å². The number of fused-ring (bicyclic) bond motifs is 1. The molecule has 2 N–H and O–H groups in total. The number of benzene rings is 2. The Balaban J connectivity index is 1.88. The van der Waals surface area contributed by atoms with Crippen molar-refractivity contribution in [3.05, 3.63) is 42.5 Å². The summed E-state index contributed by atoms with van der Waals surface area (Å²) < 4.78 is 6.36. The first-order valence-electron chi connectivity index (χ1n) is 7.62. The molecule has 1 saturated carbocycles. The van der Waals surface area contributed by atoms with E-state index in [0.717, 1.165) is 24.6 Å². The summed E-state index contributed by atoms with van der Waals surface area (Å²) in [6.45, 7) is 3.04. The first-order valence-corrected chi connectivity index (χ1v) is 7.62. The molecule has 2 heteroatoms.